The molecule has 108 valence electrons. The van der Waals surface area contributed by atoms with Crippen LogP contribution < -0.4 is 10.2 Å². The number of nitrogens with one attached hydrogen (secondary N) is 1. The summed E-state index contributed by atoms with van der Waals surface area (Å²) in [5.74, 6) is 0.191. The van der Waals surface area contributed by atoms with Gasteiger partial charge in [-0.1, -0.05) is 0 Å². The van der Waals surface area contributed by atoms with Crippen LogP contribution in [-0.4, -0.2) is 40.2 Å². The van der Waals surface area contributed by atoms with E-state index in [1.807, 2.05) is 0 Å². The molecule has 0 spiro atoms. The SMILES string of the molecule is O=C(O)c1cc(NC2CCC2)nc(N2CCCCC2)n1. The first kappa shape index (κ1) is 13.1. The van der Waals surface area contributed by atoms with E-state index in [1.165, 1.54) is 18.9 Å². The summed E-state index contributed by atoms with van der Waals surface area (Å²) < 4.78 is 0. The average Bonchev–Trinajstić information content (AvgIpc) is 2.43. The number of carboxylic acid groups (broad SMARTS) is 1. The first-order chi connectivity index (χ1) is 9.72. The van der Waals surface area contributed by atoms with Crippen LogP contribution in [0.3, 0.4) is 0 Å². The van der Waals surface area contributed by atoms with E-state index in [0.717, 1.165) is 38.8 Å². The van der Waals surface area contributed by atoms with Gasteiger partial charge in [0.25, 0.3) is 0 Å². The van der Waals surface area contributed by atoms with Crippen molar-refractivity contribution < 1.29 is 9.90 Å². The lowest BCUT2D eigenvalue weighted by Crippen LogP contribution is -2.32. The van der Waals surface area contributed by atoms with Crippen molar-refractivity contribution in [1.29, 1.82) is 0 Å². The molecule has 1 aromatic rings. The highest BCUT2D eigenvalue weighted by Gasteiger charge is 2.21. The topological polar surface area (TPSA) is 78.3 Å². The number of hydrogen-bond acceptors (Lipinski definition) is 5. The lowest BCUT2D eigenvalue weighted by Gasteiger charge is -2.29. The number of carboxylic acids is 1. The van der Waals surface area contributed by atoms with Gasteiger partial charge in [-0.05, 0) is 38.5 Å². The molecule has 0 unspecified atom stereocenters. The highest BCUT2D eigenvalue weighted by atomic mass is 16.4. The molecule has 1 saturated carbocycles. The van der Waals surface area contributed by atoms with Gasteiger partial charge in [0.15, 0.2) is 5.69 Å². The fourth-order valence-corrected chi connectivity index (χ4v) is 2.62. The van der Waals surface area contributed by atoms with Crippen molar-refractivity contribution in [3.05, 3.63) is 11.8 Å². The number of nitrogens with zero attached hydrogens (tertiary/aromatic N) is 3. The minimum Gasteiger partial charge on any atom is -0.477 e. The van der Waals surface area contributed by atoms with Crippen LogP contribution in [0.5, 0.6) is 0 Å². The van der Waals surface area contributed by atoms with Crippen molar-refractivity contribution in [2.75, 3.05) is 23.3 Å². The second kappa shape index (κ2) is 5.64. The molecule has 2 heterocycles. The fraction of sp³-hybridized carbons (Fsp3) is 0.643. The van der Waals surface area contributed by atoms with E-state index in [-0.39, 0.29) is 5.69 Å². The molecular weight excluding hydrogens is 256 g/mol. The lowest BCUT2D eigenvalue weighted by atomic mass is 9.93. The molecule has 0 aromatic carbocycles. The van der Waals surface area contributed by atoms with Gasteiger partial charge in [0, 0.05) is 25.2 Å². The first-order valence-corrected chi connectivity index (χ1v) is 7.36. The first-order valence-electron chi connectivity index (χ1n) is 7.36. The molecular formula is C14H20N4O2. The van der Waals surface area contributed by atoms with Crippen LogP contribution in [0, 0.1) is 0 Å². The van der Waals surface area contributed by atoms with Crippen LogP contribution in [0.2, 0.25) is 0 Å². The molecule has 1 aliphatic carbocycles. The Morgan fingerprint density at radius 2 is 1.95 bits per heavy atom. The maximum Gasteiger partial charge on any atom is 0.354 e. The van der Waals surface area contributed by atoms with Crippen molar-refractivity contribution in [2.45, 2.75) is 44.6 Å². The molecule has 6 nitrogen and oxygen atoms in total. The van der Waals surface area contributed by atoms with E-state index < -0.39 is 5.97 Å². The summed E-state index contributed by atoms with van der Waals surface area (Å²) >= 11 is 0. The maximum absolute atomic E-state index is 11.2. The Kier molecular flexibility index (Phi) is 3.71. The molecule has 0 atom stereocenters. The Balaban J connectivity index is 1.84. The largest absolute Gasteiger partial charge is 0.477 e. The van der Waals surface area contributed by atoms with E-state index in [9.17, 15) is 9.90 Å². The van der Waals surface area contributed by atoms with Gasteiger partial charge in [-0.3, -0.25) is 0 Å². The molecule has 1 aromatic heterocycles. The highest BCUT2D eigenvalue weighted by molar-refractivity contribution is 5.86. The highest BCUT2D eigenvalue weighted by Crippen LogP contribution is 2.24. The normalized spacial score (nSPS) is 19.5. The monoisotopic (exact) mass is 276 g/mol. The Morgan fingerprint density at radius 3 is 2.55 bits per heavy atom. The van der Waals surface area contributed by atoms with E-state index in [0.29, 0.717) is 17.8 Å². The zero-order valence-electron chi connectivity index (χ0n) is 11.5. The van der Waals surface area contributed by atoms with Gasteiger partial charge < -0.3 is 15.3 Å². The van der Waals surface area contributed by atoms with Crippen molar-refractivity contribution in [2.24, 2.45) is 0 Å². The van der Waals surface area contributed by atoms with Crippen molar-refractivity contribution in [3.63, 3.8) is 0 Å². The molecule has 3 rings (SSSR count). The fourth-order valence-electron chi connectivity index (χ4n) is 2.62. The smallest absolute Gasteiger partial charge is 0.354 e. The van der Waals surface area contributed by atoms with Crippen LogP contribution in [-0.2, 0) is 0 Å². The predicted molar refractivity (Wildman–Crippen MR) is 76.3 cm³/mol. The summed E-state index contributed by atoms with van der Waals surface area (Å²) in [6.07, 6.45) is 6.95. The summed E-state index contributed by atoms with van der Waals surface area (Å²) in [6, 6.07) is 1.97. The summed E-state index contributed by atoms with van der Waals surface area (Å²) in [7, 11) is 0. The van der Waals surface area contributed by atoms with Crippen LogP contribution >= 0.6 is 0 Å². The van der Waals surface area contributed by atoms with Crippen molar-refractivity contribution >= 4 is 17.7 Å². The van der Waals surface area contributed by atoms with Crippen molar-refractivity contribution in [1.82, 2.24) is 9.97 Å². The Hall–Kier alpha value is -1.85. The lowest BCUT2D eigenvalue weighted by molar-refractivity contribution is 0.0690. The molecule has 1 saturated heterocycles. The molecule has 20 heavy (non-hydrogen) atoms. The molecule has 0 radical (unpaired) electrons. The molecule has 0 amide bonds. The summed E-state index contributed by atoms with van der Waals surface area (Å²) in [4.78, 5) is 22.0. The zero-order valence-corrected chi connectivity index (χ0v) is 11.5. The minimum absolute atomic E-state index is 0.0717. The molecule has 2 N–H and O–H groups in total. The second-order valence-corrected chi connectivity index (χ2v) is 5.56. The van der Waals surface area contributed by atoms with E-state index in [2.05, 4.69) is 20.2 Å². The van der Waals surface area contributed by atoms with Gasteiger partial charge in [0.05, 0.1) is 0 Å². The maximum atomic E-state index is 11.2. The molecule has 1 aliphatic heterocycles. The summed E-state index contributed by atoms with van der Waals surface area (Å²) in [6.45, 7) is 1.82. The third kappa shape index (κ3) is 2.84. The van der Waals surface area contributed by atoms with Crippen LogP contribution in [0.1, 0.15) is 49.0 Å². The van der Waals surface area contributed by atoms with Gasteiger partial charge in [0.1, 0.15) is 5.82 Å². The van der Waals surface area contributed by atoms with Crippen molar-refractivity contribution in [3.8, 4) is 0 Å². The Bertz CT molecular complexity index is 496. The van der Waals surface area contributed by atoms with Gasteiger partial charge in [-0.25, -0.2) is 9.78 Å². The van der Waals surface area contributed by atoms with Gasteiger partial charge >= 0.3 is 5.97 Å². The Morgan fingerprint density at radius 1 is 1.20 bits per heavy atom. The minimum atomic E-state index is -0.998. The quantitative estimate of drug-likeness (QED) is 0.877. The molecule has 2 aliphatic rings. The number of rotatable bonds is 4. The van der Waals surface area contributed by atoms with Gasteiger partial charge in [-0.2, -0.15) is 4.98 Å². The number of piperidine rings is 1. The van der Waals surface area contributed by atoms with E-state index in [4.69, 9.17) is 0 Å². The number of anilines is 2. The molecule has 2 fully saturated rings. The van der Waals surface area contributed by atoms with Crippen LogP contribution in [0.4, 0.5) is 11.8 Å². The standard InChI is InChI=1S/C14H20N4O2/c19-13(20)11-9-12(15-10-5-4-6-10)17-14(16-11)18-7-2-1-3-8-18/h9-10H,1-8H2,(H,19,20)(H,15,16,17). The number of aromatic nitrogens is 2. The number of carbonyl (C=O) groups is 1. The van der Waals surface area contributed by atoms with Gasteiger partial charge in [0.2, 0.25) is 5.95 Å². The molecule has 6 heteroatoms. The number of aromatic carboxylic acids is 1. The predicted octanol–water partition coefficient (Wildman–Crippen LogP) is 2.13. The summed E-state index contributed by atoms with van der Waals surface area (Å²) in [5, 5.41) is 12.5. The second-order valence-electron chi connectivity index (χ2n) is 5.56. The average molecular weight is 276 g/mol. The third-order valence-corrected chi connectivity index (χ3v) is 4.03. The zero-order chi connectivity index (χ0) is 13.9. The summed E-state index contributed by atoms with van der Waals surface area (Å²) in [5.41, 5.74) is 0.0717. The van der Waals surface area contributed by atoms with E-state index in [1.54, 1.807) is 0 Å². The van der Waals surface area contributed by atoms with E-state index >= 15 is 0 Å². The van der Waals surface area contributed by atoms with Crippen LogP contribution in [0.25, 0.3) is 0 Å². The van der Waals surface area contributed by atoms with Crippen LogP contribution in [0.15, 0.2) is 6.07 Å². The Labute approximate surface area is 118 Å². The third-order valence-electron chi connectivity index (χ3n) is 4.03. The number of hydrogen-bond donors (Lipinski definition) is 2. The van der Waals surface area contributed by atoms with Gasteiger partial charge in [-0.15, -0.1) is 0 Å². The molecule has 0 bridgehead atoms.